The maximum Gasteiger partial charge on any atom is 0.0284 e. The van der Waals surface area contributed by atoms with Gasteiger partial charge in [0, 0.05) is 37.0 Å². The predicted molar refractivity (Wildman–Crippen MR) is 82.4 cm³/mol. The quantitative estimate of drug-likeness (QED) is 0.845. The first kappa shape index (κ1) is 14.7. The van der Waals surface area contributed by atoms with Crippen molar-refractivity contribution in [3.8, 4) is 0 Å². The molecule has 1 aliphatic heterocycles. The number of hydrogen-bond donors (Lipinski definition) is 1. The van der Waals surface area contributed by atoms with Gasteiger partial charge in [0.25, 0.3) is 0 Å². The minimum Gasteiger partial charge on any atom is -0.311 e. The fourth-order valence-electron chi connectivity index (χ4n) is 3.46. The van der Waals surface area contributed by atoms with Gasteiger partial charge in [-0.3, -0.25) is 4.90 Å². The number of thioether (sulfide) groups is 1. The minimum atomic E-state index is 0.567. The molecule has 1 N–H and O–H groups in total. The molecule has 0 radical (unpaired) electrons. The van der Waals surface area contributed by atoms with Crippen molar-refractivity contribution in [3.63, 3.8) is 0 Å². The molecule has 1 aliphatic carbocycles. The summed E-state index contributed by atoms with van der Waals surface area (Å²) < 4.78 is 0.567. The summed E-state index contributed by atoms with van der Waals surface area (Å²) in [6.07, 6.45) is 9.54. The number of rotatable bonds is 4. The topological polar surface area (TPSA) is 15.3 Å². The summed E-state index contributed by atoms with van der Waals surface area (Å²) in [5, 5.41) is 3.67. The summed E-state index contributed by atoms with van der Waals surface area (Å²) in [6, 6.07) is 0.696. The second-order valence-corrected chi connectivity index (χ2v) is 7.76. The lowest BCUT2D eigenvalue weighted by Crippen LogP contribution is -2.56. The van der Waals surface area contributed by atoms with Gasteiger partial charge in [0.2, 0.25) is 0 Å². The standard InChI is InChI=1S/C15H30N2S/c1-13(2)14-11-17(10-9-16-14)12-15(18-3)7-5-4-6-8-15/h13-14,16H,4-12H2,1-3H3. The highest BCUT2D eigenvalue weighted by Gasteiger charge is 2.34. The van der Waals surface area contributed by atoms with Crippen molar-refractivity contribution in [2.75, 3.05) is 32.4 Å². The molecule has 1 atom stereocenters. The third-order valence-corrected chi connectivity index (χ3v) is 6.21. The molecule has 2 rings (SSSR count). The third kappa shape index (κ3) is 3.64. The Morgan fingerprint density at radius 3 is 2.61 bits per heavy atom. The zero-order chi connectivity index (χ0) is 13.0. The molecule has 1 heterocycles. The third-order valence-electron chi connectivity index (χ3n) is 4.80. The molecule has 3 heteroatoms. The number of nitrogens with one attached hydrogen (secondary N) is 1. The van der Waals surface area contributed by atoms with Gasteiger partial charge in [-0.1, -0.05) is 33.1 Å². The Morgan fingerprint density at radius 2 is 2.00 bits per heavy atom. The van der Waals surface area contributed by atoms with Crippen LogP contribution >= 0.6 is 11.8 Å². The fraction of sp³-hybridized carbons (Fsp3) is 1.00. The van der Waals surface area contributed by atoms with E-state index in [4.69, 9.17) is 0 Å². The Labute approximate surface area is 117 Å². The molecule has 0 aromatic carbocycles. The molecule has 0 amide bonds. The normalized spacial score (nSPS) is 29.7. The average Bonchev–Trinajstić information content (AvgIpc) is 2.40. The molecule has 1 saturated heterocycles. The molecule has 0 aromatic heterocycles. The first-order chi connectivity index (χ1) is 8.65. The van der Waals surface area contributed by atoms with Gasteiger partial charge in [-0.15, -0.1) is 0 Å². The van der Waals surface area contributed by atoms with Gasteiger partial charge in [0.05, 0.1) is 0 Å². The van der Waals surface area contributed by atoms with E-state index in [0.29, 0.717) is 10.8 Å². The Hall–Kier alpha value is 0.270. The van der Waals surface area contributed by atoms with Gasteiger partial charge >= 0.3 is 0 Å². The van der Waals surface area contributed by atoms with Crippen LogP contribution in [0.2, 0.25) is 0 Å². The van der Waals surface area contributed by atoms with Crippen LogP contribution < -0.4 is 5.32 Å². The van der Waals surface area contributed by atoms with E-state index >= 15 is 0 Å². The average molecular weight is 270 g/mol. The highest BCUT2D eigenvalue weighted by Crippen LogP contribution is 2.39. The van der Waals surface area contributed by atoms with E-state index in [1.54, 1.807) is 0 Å². The van der Waals surface area contributed by atoms with Gasteiger partial charge in [-0.25, -0.2) is 0 Å². The highest BCUT2D eigenvalue weighted by molar-refractivity contribution is 8.00. The van der Waals surface area contributed by atoms with Gasteiger partial charge in [-0.05, 0) is 25.0 Å². The summed E-state index contributed by atoms with van der Waals surface area (Å²) >= 11 is 2.13. The van der Waals surface area contributed by atoms with Crippen LogP contribution in [0.1, 0.15) is 46.0 Å². The SMILES string of the molecule is CSC1(CN2CCNC(C(C)C)C2)CCCCC1. The monoisotopic (exact) mass is 270 g/mol. The fourth-order valence-corrected chi connectivity index (χ4v) is 4.47. The zero-order valence-corrected chi connectivity index (χ0v) is 13.2. The Morgan fingerprint density at radius 1 is 1.28 bits per heavy atom. The largest absolute Gasteiger partial charge is 0.311 e. The molecule has 0 aromatic rings. The van der Waals surface area contributed by atoms with Crippen LogP contribution in [0.25, 0.3) is 0 Å². The molecular formula is C15H30N2S. The Balaban J connectivity index is 1.90. The van der Waals surface area contributed by atoms with Crippen molar-refractivity contribution in [1.82, 2.24) is 10.2 Å². The zero-order valence-electron chi connectivity index (χ0n) is 12.4. The van der Waals surface area contributed by atoms with Crippen LogP contribution in [0, 0.1) is 5.92 Å². The lowest BCUT2D eigenvalue weighted by molar-refractivity contribution is 0.151. The first-order valence-electron chi connectivity index (χ1n) is 7.66. The van der Waals surface area contributed by atoms with Crippen LogP contribution in [0.15, 0.2) is 0 Å². The maximum absolute atomic E-state index is 3.67. The maximum atomic E-state index is 3.67. The first-order valence-corrected chi connectivity index (χ1v) is 8.88. The Bertz CT molecular complexity index is 249. The summed E-state index contributed by atoms with van der Waals surface area (Å²) in [5.74, 6) is 0.754. The van der Waals surface area contributed by atoms with Gasteiger partial charge in [-0.2, -0.15) is 11.8 Å². The van der Waals surface area contributed by atoms with Crippen LogP contribution in [0.4, 0.5) is 0 Å². The molecular weight excluding hydrogens is 240 g/mol. The van der Waals surface area contributed by atoms with E-state index in [1.807, 2.05) is 0 Å². The molecule has 1 saturated carbocycles. The molecule has 106 valence electrons. The van der Waals surface area contributed by atoms with E-state index in [9.17, 15) is 0 Å². The van der Waals surface area contributed by atoms with E-state index < -0.39 is 0 Å². The van der Waals surface area contributed by atoms with Crippen molar-refractivity contribution in [2.24, 2.45) is 5.92 Å². The molecule has 0 spiro atoms. The van der Waals surface area contributed by atoms with E-state index in [-0.39, 0.29) is 0 Å². The summed E-state index contributed by atoms with van der Waals surface area (Å²) in [4.78, 5) is 2.73. The van der Waals surface area contributed by atoms with Crippen LogP contribution in [-0.2, 0) is 0 Å². The molecule has 1 unspecified atom stereocenters. The lowest BCUT2D eigenvalue weighted by atomic mass is 9.87. The smallest absolute Gasteiger partial charge is 0.0284 e. The van der Waals surface area contributed by atoms with Crippen molar-refractivity contribution in [3.05, 3.63) is 0 Å². The van der Waals surface area contributed by atoms with Crippen molar-refractivity contribution in [2.45, 2.75) is 56.7 Å². The van der Waals surface area contributed by atoms with Gasteiger partial charge in [0.15, 0.2) is 0 Å². The van der Waals surface area contributed by atoms with E-state index in [2.05, 4.69) is 42.1 Å². The Kier molecular flexibility index (Phi) is 5.40. The second kappa shape index (κ2) is 6.62. The molecule has 2 fully saturated rings. The molecule has 0 bridgehead atoms. The number of piperazine rings is 1. The van der Waals surface area contributed by atoms with Crippen LogP contribution in [0.3, 0.4) is 0 Å². The van der Waals surface area contributed by atoms with Crippen LogP contribution in [0.5, 0.6) is 0 Å². The van der Waals surface area contributed by atoms with E-state index in [0.717, 1.165) is 5.92 Å². The van der Waals surface area contributed by atoms with Crippen molar-refractivity contribution in [1.29, 1.82) is 0 Å². The minimum absolute atomic E-state index is 0.567. The summed E-state index contributed by atoms with van der Waals surface area (Å²) in [7, 11) is 0. The summed E-state index contributed by atoms with van der Waals surface area (Å²) in [5.41, 5.74) is 0. The van der Waals surface area contributed by atoms with E-state index in [1.165, 1.54) is 58.3 Å². The number of nitrogens with zero attached hydrogens (tertiary/aromatic N) is 1. The predicted octanol–water partition coefficient (Wildman–Crippen LogP) is 2.98. The van der Waals surface area contributed by atoms with Crippen molar-refractivity contribution < 1.29 is 0 Å². The van der Waals surface area contributed by atoms with Crippen molar-refractivity contribution >= 4 is 11.8 Å². The summed E-state index contributed by atoms with van der Waals surface area (Å²) in [6.45, 7) is 9.66. The number of hydrogen-bond acceptors (Lipinski definition) is 3. The molecule has 2 aliphatic rings. The van der Waals surface area contributed by atoms with Gasteiger partial charge in [0.1, 0.15) is 0 Å². The molecule has 2 nitrogen and oxygen atoms in total. The van der Waals surface area contributed by atoms with Gasteiger partial charge < -0.3 is 5.32 Å². The molecule has 18 heavy (non-hydrogen) atoms. The van der Waals surface area contributed by atoms with Crippen LogP contribution in [-0.4, -0.2) is 48.1 Å². The highest BCUT2D eigenvalue weighted by atomic mass is 32.2. The lowest BCUT2D eigenvalue weighted by Gasteiger charge is -2.43. The second-order valence-electron chi connectivity index (χ2n) is 6.49.